The molecule has 534 valence electrons. The number of esters is 4. The van der Waals surface area contributed by atoms with Crippen LogP contribution in [-0.2, 0) is 47.2 Å². The van der Waals surface area contributed by atoms with Gasteiger partial charge in [-0.25, -0.2) is 0 Å². The standard InChI is InChI=1S/C74H144O10P2S4/c1-5-9-13-17-21-25-29-33-37-41-45-51-61-79-71(75)57-67-87-85(88-68-58-72(76)80-62-52-46-42-38-34-30-26-22-18-14-10-6-2)83-65-55-49-50-56-66-84-86(89-69-59-73(77)81-63-53-47-43-39-35-31-27-23-19-15-11-7-3)90-70-60-74(78)82-64-54-48-44-40-36-32-28-24-20-16-12-8-4/h5-70H2,1-4H3. The lowest BCUT2D eigenvalue weighted by atomic mass is 10.1. The van der Waals surface area contributed by atoms with Gasteiger partial charge in [0.25, 0.3) is 0 Å². The number of carbonyl (C=O) groups excluding carboxylic acids is 4. The van der Waals surface area contributed by atoms with E-state index in [9.17, 15) is 19.2 Å². The van der Waals surface area contributed by atoms with Crippen molar-refractivity contribution < 1.29 is 47.2 Å². The van der Waals surface area contributed by atoms with E-state index < -0.39 is 13.1 Å². The number of rotatable bonds is 77. The summed E-state index contributed by atoms with van der Waals surface area (Å²) in [5.41, 5.74) is 0. The highest BCUT2D eigenvalue weighted by molar-refractivity contribution is 8.87. The van der Waals surface area contributed by atoms with Crippen LogP contribution >= 0.6 is 58.6 Å². The number of ether oxygens (including phenoxy) is 4. The second kappa shape index (κ2) is 78.1. The van der Waals surface area contributed by atoms with Gasteiger partial charge in [0.05, 0.1) is 65.3 Å². The van der Waals surface area contributed by atoms with E-state index in [2.05, 4.69) is 27.7 Å². The summed E-state index contributed by atoms with van der Waals surface area (Å²) in [7, 11) is 0. The van der Waals surface area contributed by atoms with Crippen molar-refractivity contribution in [3.8, 4) is 0 Å². The molecule has 0 amide bonds. The molecule has 0 aliphatic heterocycles. The summed E-state index contributed by atoms with van der Waals surface area (Å²) in [5, 5.41) is 0. The van der Waals surface area contributed by atoms with Crippen LogP contribution in [0.4, 0.5) is 0 Å². The largest absolute Gasteiger partial charge is 0.466 e. The fourth-order valence-electron chi connectivity index (χ4n) is 10.7. The Kier molecular flexibility index (Phi) is 78.1. The number of unbranched alkanes of at least 4 members (excludes halogenated alkanes) is 47. The lowest BCUT2D eigenvalue weighted by Crippen LogP contribution is -2.07. The number of carbonyl (C=O) groups is 4. The van der Waals surface area contributed by atoms with Gasteiger partial charge >= 0.3 is 23.9 Å². The van der Waals surface area contributed by atoms with Crippen LogP contribution in [0.25, 0.3) is 0 Å². The minimum absolute atomic E-state index is 0.139. The molecule has 0 aromatic rings. The molecule has 16 heteroatoms. The fraction of sp³-hybridized carbons (Fsp3) is 0.946. The van der Waals surface area contributed by atoms with Crippen molar-refractivity contribution >= 4 is 82.5 Å². The van der Waals surface area contributed by atoms with Gasteiger partial charge in [-0.15, -0.1) is 0 Å². The third-order valence-corrected chi connectivity index (χ3v) is 29.4. The molecule has 0 saturated carbocycles. The van der Waals surface area contributed by atoms with E-state index in [1.807, 2.05) is 0 Å². The van der Waals surface area contributed by atoms with Crippen LogP contribution in [0.2, 0.25) is 0 Å². The highest BCUT2D eigenvalue weighted by Gasteiger charge is 2.17. The molecule has 0 radical (unpaired) electrons. The van der Waals surface area contributed by atoms with Gasteiger partial charge in [-0.3, -0.25) is 19.2 Å². The summed E-state index contributed by atoms with van der Waals surface area (Å²) >= 11 is 6.75. The van der Waals surface area contributed by atoms with Crippen molar-refractivity contribution in [2.45, 2.75) is 387 Å². The van der Waals surface area contributed by atoms with Crippen LogP contribution in [-0.4, -0.2) is 86.5 Å². The van der Waals surface area contributed by atoms with Gasteiger partial charge in [0, 0.05) is 23.0 Å². The molecule has 0 atom stereocenters. The first kappa shape index (κ1) is 90.1. The monoisotopic (exact) mass is 1380 g/mol. The van der Waals surface area contributed by atoms with E-state index in [1.165, 1.54) is 257 Å². The van der Waals surface area contributed by atoms with Gasteiger partial charge in [-0.1, -0.05) is 369 Å². The van der Waals surface area contributed by atoms with Crippen LogP contribution in [0.1, 0.15) is 387 Å². The highest BCUT2D eigenvalue weighted by Crippen LogP contribution is 2.63. The SMILES string of the molecule is CCCCCCCCCCCCCCOC(=O)CCSP(OCCCCCCOP(SCCC(=O)OCCCCCCCCCCCCCC)SCCC(=O)OCCCCCCCCCCCCCC)SCCC(=O)OCCCCCCCCCCCCCC. The average Bonchev–Trinajstić information content (AvgIpc) is 3.62. The summed E-state index contributed by atoms with van der Waals surface area (Å²) in [5.74, 6) is 1.99. The first-order valence-corrected chi connectivity index (χ1v) is 47.2. The third kappa shape index (κ3) is 73.9. The Hall–Kier alpha value is 0.0600. The van der Waals surface area contributed by atoms with Gasteiger partial charge in [0.15, 0.2) is 13.1 Å². The van der Waals surface area contributed by atoms with E-state index in [-0.39, 0.29) is 23.9 Å². The van der Waals surface area contributed by atoms with Crippen molar-refractivity contribution in [3.63, 3.8) is 0 Å². The molecule has 0 aromatic heterocycles. The van der Waals surface area contributed by atoms with E-state index in [0.717, 1.165) is 77.0 Å². The van der Waals surface area contributed by atoms with E-state index in [0.29, 0.717) is 88.3 Å². The van der Waals surface area contributed by atoms with Crippen molar-refractivity contribution in [3.05, 3.63) is 0 Å². The molecule has 10 nitrogen and oxygen atoms in total. The van der Waals surface area contributed by atoms with Gasteiger partial charge in [0.2, 0.25) is 0 Å². The Morgan fingerprint density at radius 1 is 0.211 bits per heavy atom. The predicted molar refractivity (Wildman–Crippen MR) is 401 cm³/mol. The normalized spacial score (nSPS) is 11.6. The van der Waals surface area contributed by atoms with Gasteiger partial charge in [-0.05, 0) is 38.5 Å². The van der Waals surface area contributed by atoms with Crippen LogP contribution in [0.5, 0.6) is 0 Å². The molecule has 0 unspecified atom stereocenters. The van der Waals surface area contributed by atoms with Crippen molar-refractivity contribution in [2.75, 3.05) is 62.7 Å². The number of hydrogen-bond donors (Lipinski definition) is 0. The Bertz CT molecular complexity index is 1290. The molecule has 0 spiro atoms. The molecule has 0 N–H and O–H groups in total. The predicted octanol–water partition coefficient (Wildman–Crippen LogP) is 26.5. The minimum Gasteiger partial charge on any atom is -0.466 e. The molecule has 0 heterocycles. The Labute approximate surface area is 575 Å². The molecular weight excluding hydrogens is 1240 g/mol. The van der Waals surface area contributed by atoms with Crippen molar-refractivity contribution in [1.29, 1.82) is 0 Å². The van der Waals surface area contributed by atoms with Crippen molar-refractivity contribution in [1.82, 2.24) is 0 Å². The second-order valence-electron chi connectivity index (χ2n) is 25.3. The summed E-state index contributed by atoms with van der Waals surface area (Å²) < 4.78 is 35.4. The summed E-state index contributed by atoms with van der Waals surface area (Å²) in [6.45, 7) is 10.5. The zero-order valence-electron chi connectivity index (χ0n) is 59.3. The zero-order chi connectivity index (χ0) is 65.2. The van der Waals surface area contributed by atoms with Gasteiger partial charge in [0.1, 0.15) is 0 Å². The number of hydrogen-bond acceptors (Lipinski definition) is 14. The van der Waals surface area contributed by atoms with E-state index in [4.69, 9.17) is 28.0 Å². The molecular formula is C74H144O10P2S4. The highest BCUT2D eigenvalue weighted by atomic mass is 33.1. The molecule has 0 aromatic carbocycles. The van der Waals surface area contributed by atoms with Crippen molar-refractivity contribution in [2.24, 2.45) is 0 Å². The van der Waals surface area contributed by atoms with Gasteiger partial charge in [-0.2, -0.15) is 0 Å². The topological polar surface area (TPSA) is 124 Å². The second-order valence-corrected chi connectivity index (χ2v) is 37.8. The molecule has 0 fully saturated rings. The van der Waals surface area contributed by atoms with Crippen LogP contribution in [0.15, 0.2) is 0 Å². The maximum Gasteiger partial charge on any atom is 0.306 e. The smallest absolute Gasteiger partial charge is 0.306 e. The average molecular weight is 1380 g/mol. The lowest BCUT2D eigenvalue weighted by molar-refractivity contribution is -0.144. The molecule has 0 aliphatic rings. The molecule has 0 aliphatic carbocycles. The first-order valence-electron chi connectivity index (χ1n) is 38.4. The quantitative estimate of drug-likeness (QED) is 0.0248. The van der Waals surface area contributed by atoms with Crippen LogP contribution in [0, 0.1) is 0 Å². The molecule has 90 heavy (non-hydrogen) atoms. The van der Waals surface area contributed by atoms with E-state index >= 15 is 0 Å². The minimum atomic E-state index is -0.942. The fourth-order valence-corrected chi connectivity index (χ4v) is 22.5. The Morgan fingerprint density at radius 2 is 0.356 bits per heavy atom. The summed E-state index contributed by atoms with van der Waals surface area (Å²) in [6.07, 6.45) is 66.7. The van der Waals surface area contributed by atoms with E-state index in [1.54, 1.807) is 45.5 Å². The third-order valence-electron chi connectivity index (χ3n) is 16.5. The molecule has 0 bridgehead atoms. The maximum absolute atomic E-state index is 12.7. The van der Waals surface area contributed by atoms with Gasteiger partial charge < -0.3 is 28.0 Å². The molecule has 0 saturated heterocycles. The summed E-state index contributed by atoms with van der Waals surface area (Å²) in [6, 6.07) is 0. The zero-order valence-corrected chi connectivity index (χ0v) is 64.3. The molecule has 0 rings (SSSR count). The first-order chi connectivity index (χ1) is 44.4. The maximum atomic E-state index is 12.7. The van der Waals surface area contributed by atoms with Crippen LogP contribution < -0.4 is 0 Å². The Morgan fingerprint density at radius 3 is 0.522 bits per heavy atom. The summed E-state index contributed by atoms with van der Waals surface area (Å²) in [4.78, 5) is 50.9. The Balaban J connectivity index is 4.92. The lowest BCUT2D eigenvalue weighted by Gasteiger charge is -2.17. The van der Waals surface area contributed by atoms with Crippen LogP contribution in [0.3, 0.4) is 0 Å².